The van der Waals surface area contributed by atoms with Crippen molar-refractivity contribution in [3.05, 3.63) is 53.6 Å². The molecule has 0 bridgehead atoms. The number of amides is 1. The van der Waals surface area contributed by atoms with Gasteiger partial charge < -0.3 is 10.4 Å². The molecular formula is C16H15NO6S. The summed E-state index contributed by atoms with van der Waals surface area (Å²) in [5.41, 5.74) is 1.18. The van der Waals surface area contributed by atoms with E-state index in [0.717, 1.165) is 5.56 Å². The number of benzene rings is 2. The predicted octanol–water partition coefficient (Wildman–Crippen LogP) is 1.86. The third-order valence-electron chi connectivity index (χ3n) is 3.10. The summed E-state index contributed by atoms with van der Waals surface area (Å²) in [6, 6.07) is 9.91. The van der Waals surface area contributed by atoms with E-state index in [0.29, 0.717) is 6.29 Å². The largest absolute Gasteiger partial charge is 0.507 e. The normalized spacial score (nSPS) is 11.0. The van der Waals surface area contributed by atoms with E-state index in [1.165, 1.54) is 30.3 Å². The van der Waals surface area contributed by atoms with E-state index >= 15 is 0 Å². The maximum absolute atomic E-state index is 12.0. The highest BCUT2D eigenvalue weighted by Gasteiger charge is 2.17. The lowest BCUT2D eigenvalue weighted by atomic mass is 10.2. The van der Waals surface area contributed by atoms with Crippen LogP contribution < -0.4 is 5.32 Å². The first-order valence-electron chi connectivity index (χ1n) is 6.86. The zero-order chi connectivity index (χ0) is 17.7. The van der Waals surface area contributed by atoms with Crippen LogP contribution in [-0.2, 0) is 19.1 Å². The third-order valence-corrected chi connectivity index (χ3v) is 4.37. The standard InChI is InChI=1S/C16H15NO6S/c1-11-2-6-14(7-3-11)24(21,22)23-10-16(20)17-13-5-4-12(9-18)15(19)8-13/h2-9,19H,10H2,1H3,(H,17,20). The van der Waals surface area contributed by atoms with Gasteiger partial charge in [0, 0.05) is 11.8 Å². The van der Waals surface area contributed by atoms with Crippen LogP contribution in [-0.4, -0.2) is 32.3 Å². The van der Waals surface area contributed by atoms with Crippen molar-refractivity contribution in [3.8, 4) is 5.75 Å². The van der Waals surface area contributed by atoms with Gasteiger partial charge in [0.1, 0.15) is 12.4 Å². The molecule has 0 spiro atoms. The van der Waals surface area contributed by atoms with Crippen molar-refractivity contribution < 1.29 is 27.3 Å². The fraction of sp³-hybridized carbons (Fsp3) is 0.125. The molecule has 0 aliphatic rings. The minimum Gasteiger partial charge on any atom is -0.507 e. The lowest BCUT2D eigenvalue weighted by Crippen LogP contribution is -2.21. The first-order valence-corrected chi connectivity index (χ1v) is 8.27. The smallest absolute Gasteiger partial charge is 0.297 e. The van der Waals surface area contributed by atoms with Crippen molar-refractivity contribution in [2.45, 2.75) is 11.8 Å². The van der Waals surface area contributed by atoms with Crippen LogP contribution in [0.15, 0.2) is 47.4 Å². The number of anilines is 1. The highest BCUT2D eigenvalue weighted by atomic mass is 32.2. The summed E-state index contributed by atoms with van der Waals surface area (Å²) in [5, 5.41) is 11.9. The van der Waals surface area contributed by atoms with Gasteiger partial charge >= 0.3 is 0 Å². The van der Waals surface area contributed by atoms with Gasteiger partial charge in [-0.25, -0.2) is 0 Å². The molecule has 0 saturated carbocycles. The number of aryl methyl sites for hydroxylation is 1. The number of phenols is 1. The van der Waals surface area contributed by atoms with Crippen molar-refractivity contribution in [2.75, 3.05) is 11.9 Å². The average Bonchev–Trinajstić information content (AvgIpc) is 2.54. The second-order valence-corrected chi connectivity index (χ2v) is 6.58. The van der Waals surface area contributed by atoms with Crippen molar-refractivity contribution in [1.29, 1.82) is 0 Å². The lowest BCUT2D eigenvalue weighted by Gasteiger charge is -2.08. The topological polar surface area (TPSA) is 110 Å². The molecule has 126 valence electrons. The van der Waals surface area contributed by atoms with Crippen LogP contribution in [0.5, 0.6) is 5.75 Å². The van der Waals surface area contributed by atoms with Crippen LogP contribution in [0.3, 0.4) is 0 Å². The molecule has 0 atom stereocenters. The molecule has 0 radical (unpaired) electrons. The van der Waals surface area contributed by atoms with Crippen molar-refractivity contribution in [2.24, 2.45) is 0 Å². The van der Waals surface area contributed by atoms with E-state index in [1.807, 2.05) is 6.92 Å². The summed E-state index contributed by atoms with van der Waals surface area (Å²) in [6.07, 6.45) is 0.470. The Morgan fingerprint density at radius 3 is 2.46 bits per heavy atom. The van der Waals surface area contributed by atoms with Crippen LogP contribution in [0.1, 0.15) is 15.9 Å². The zero-order valence-corrected chi connectivity index (χ0v) is 13.5. The number of aldehydes is 1. The summed E-state index contributed by atoms with van der Waals surface area (Å²) in [6.45, 7) is 1.10. The summed E-state index contributed by atoms with van der Waals surface area (Å²) >= 11 is 0. The molecule has 8 heteroatoms. The molecule has 7 nitrogen and oxygen atoms in total. The van der Waals surface area contributed by atoms with Gasteiger partial charge in [-0.2, -0.15) is 8.42 Å². The van der Waals surface area contributed by atoms with Gasteiger partial charge in [0.05, 0.1) is 10.5 Å². The Bertz CT molecular complexity index is 859. The molecule has 0 aliphatic heterocycles. The number of phenolic OH excluding ortho intramolecular Hbond substituents is 1. The van der Waals surface area contributed by atoms with E-state index in [2.05, 4.69) is 5.32 Å². The second kappa shape index (κ2) is 7.24. The van der Waals surface area contributed by atoms with E-state index in [1.54, 1.807) is 12.1 Å². The highest BCUT2D eigenvalue weighted by Crippen LogP contribution is 2.20. The Balaban J connectivity index is 1.98. The fourth-order valence-corrected chi connectivity index (χ4v) is 2.69. The third kappa shape index (κ3) is 4.40. The average molecular weight is 349 g/mol. The number of carbonyl (C=O) groups excluding carboxylic acids is 2. The van der Waals surface area contributed by atoms with Gasteiger partial charge in [-0.3, -0.25) is 13.8 Å². The SMILES string of the molecule is Cc1ccc(S(=O)(=O)OCC(=O)Nc2ccc(C=O)c(O)c2)cc1. The van der Waals surface area contributed by atoms with E-state index in [-0.39, 0.29) is 21.9 Å². The number of aromatic hydroxyl groups is 1. The van der Waals surface area contributed by atoms with Gasteiger partial charge in [0.2, 0.25) is 0 Å². The fourth-order valence-electron chi connectivity index (χ4n) is 1.82. The van der Waals surface area contributed by atoms with Gasteiger partial charge in [-0.05, 0) is 31.2 Å². The minimum atomic E-state index is -4.04. The molecule has 0 heterocycles. The van der Waals surface area contributed by atoms with Crippen molar-refractivity contribution in [3.63, 3.8) is 0 Å². The quantitative estimate of drug-likeness (QED) is 0.608. The first-order chi connectivity index (χ1) is 11.3. The maximum atomic E-state index is 12.0. The number of hydrogen-bond donors (Lipinski definition) is 2. The number of hydrogen-bond acceptors (Lipinski definition) is 6. The summed E-state index contributed by atoms with van der Waals surface area (Å²) < 4.78 is 28.6. The Morgan fingerprint density at radius 2 is 1.88 bits per heavy atom. The summed E-state index contributed by atoms with van der Waals surface area (Å²) in [4.78, 5) is 22.3. The molecule has 0 fully saturated rings. The van der Waals surface area contributed by atoms with Crippen molar-refractivity contribution >= 4 is 28.0 Å². The Kier molecular flexibility index (Phi) is 5.32. The Hall–Kier alpha value is -2.71. The van der Waals surface area contributed by atoms with E-state index in [9.17, 15) is 23.1 Å². The van der Waals surface area contributed by atoms with Gasteiger partial charge in [0.15, 0.2) is 6.29 Å². The summed E-state index contributed by atoms with van der Waals surface area (Å²) in [7, 11) is -4.04. The van der Waals surface area contributed by atoms with Gasteiger partial charge in [-0.1, -0.05) is 17.7 Å². The Morgan fingerprint density at radius 1 is 1.21 bits per heavy atom. The molecule has 1 amide bonds. The first kappa shape index (κ1) is 17.6. The summed E-state index contributed by atoms with van der Waals surface area (Å²) in [5.74, 6) is -1.01. The molecule has 2 aromatic carbocycles. The van der Waals surface area contributed by atoms with Crippen LogP contribution in [0.25, 0.3) is 0 Å². The number of rotatable bonds is 6. The molecule has 0 saturated heterocycles. The van der Waals surface area contributed by atoms with Gasteiger partial charge in [-0.15, -0.1) is 0 Å². The van der Waals surface area contributed by atoms with Gasteiger partial charge in [0.25, 0.3) is 16.0 Å². The number of carbonyl (C=O) groups is 2. The van der Waals surface area contributed by atoms with Crippen LogP contribution in [0.4, 0.5) is 5.69 Å². The molecule has 2 aromatic rings. The molecule has 24 heavy (non-hydrogen) atoms. The lowest BCUT2D eigenvalue weighted by molar-refractivity contribution is -0.118. The molecular weight excluding hydrogens is 334 g/mol. The second-order valence-electron chi connectivity index (χ2n) is 4.97. The van der Waals surface area contributed by atoms with E-state index < -0.39 is 22.6 Å². The predicted molar refractivity (Wildman–Crippen MR) is 86.4 cm³/mol. The Labute approximate surface area is 139 Å². The monoisotopic (exact) mass is 349 g/mol. The zero-order valence-electron chi connectivity index (χ0n) is 12.7. The van der Waals surface area contributed by atoms with E-state index in [4.69, 9.17) is 4.18 Å². The minimum absolute atomic E-state index is 0.0473. The van der Waals surface area contributed by atoms with Crippen LogP contribution in [0, 0.1) is 6.92 Å². The molecule has 0 aliphatic carbocycles. The van der Waals surface area contributed by atoms with Crippen LogP contribution in [0.2, 0.25) is 0 Å². The number of nitrogens with one attached hydrogen (secondary N) is 1. The maximum Gasteiger partial charge on any atom is 0.297 e. The molecule has 0 aromatic heterocycles. The molecule has 0 unspecified atom stereocenters. The highest BCUT2D eigenvalue weighted by molar-refractivity contribution is 7.86. The molecule has 2 N–H and O–H groups in total. The van der Waals surface area contributed by atoms with Crippen LogP contribution >= 0.6 is 0 Å². The van der Waals surface area contributed by atoms with Crippen molar-refractivity contribution in [1.82, 2.24) is 0 Å². The molecule has 2 rings (SSSR count).